The van der Waals surface area contributed by atoms with Gasteiger partial charge in [0, 0.05) is 12.1 Å². The fourth-order valence-electron chi connectivity index (χ4n) is 2.61. The normalized spacial score (nSPS) is 11.0. The molecule has 1 aromatic heterocycles. The highest BCUT2D eigenvalue weighted by Crippen LogP contribution is 2.25. The van der Waals surface area contributed by atoms with Crippen LogP contribution in [0.15, 0.2) is 42.5 Å². The lowest BCUT2D eigenvalue weighted by Crippen LogP contribution is -2.06. The maximum absolute atomic E-state index is 13.4. The molecule has 23 heavy (non-hydrogen) atoms. The summed E-state index contributed by atoms with van der Waals surface area (Å²) in [5.41, 5.74) is 11.7. The van der Waals surface area contributed by atoms with E-state index in [2.05, 4.69) is 36.3 Å². The van der Waals surface area contributed by atoms with E-state index >= 15 is 0 Å². The number of hydrogen-bond acceptors (Lipinski definition) is 3. The van der Waals surface area contributed by atoms with Gasteiger partial charge in [-0.05, 0) is 48.7 Å². The molecule has 2 N–H and O–H groups in total. The van der Waals surface area contributed by atoms with Gasteiger partial charge in [0.25, 0.3) is 0 Å². The topological polar surface area (TPSA) is 56.7 Å². The average molecular weight is 310 g/mol. The minimum absolute atomic E-state index is 0.255. The van der Waals surface area contributed by atoms with Gasteiger partial charge in [0.15, 0.2) is 0 Å². The SMILES string of the molecule is Cc1ccc(-c2c(CN)nnn2Cc2cccc(F)c2)cc1C. The predicted molar refractivity (Wildman–Crippen MR) is 88.3 cm³/mol. The van der Waals surface area contributed by atoms with E-state index < -0.39 is 0 Å². The lowest BCUT2D eigenvalue weighted by molar-refractivity contribution is 0.615. The molecule has 3 rings (SSSR count). The van der Waals surface area contributed by atoms with Gasteiger partial charge >= 0.3 is 0 Å². The minimum atomic E-state index is -0.255. The van der Waals surface area contributed by atoms with Crippen LogP contribution in [0.2, 0.25) is 0 Å². The monoisotopic (exact) mass is 310 g/mol. The maximum atomic E-state index is 13.4. The van der Waals surface area contributed by atoms with Crippen molar-refractivity contribution in [1.29, 1.82) is 0 Å². The van der Waals surface area contributed by atoms with Crippen LogP contribution in [0.1, 0.15) is 22.4 Å². The third-order valence-electron chi connectivity index (χ3n) is 4.00. The smallest absolute Gasteiger partial charge is 0.123 e. The second-order valence-electron chi connectivity index (χ2n) is 5.68. The van der Waals surface area contributed by atoms with Crippen molar-refractivity contribution in [1.82, 2.24) is 15.0 Å². The summed E-state index contributed by atoms with van der Waals surface area (Å²) >= 11 is 0. The second-order valence-corrected chi connectivity index (χ2v) is 5.68. The molecule has 1 heterocycles. The van der Waals surface area contributed by atoms with Gasteiger partial charge in [-0.1, -0.05) is 29.5 Å². The molecule has 0 atom stereocenters. The molecule has 0 aliphatic rings. The van der Waals surface area contributed by atoms with E-state index in [0.717, 1.165) is 22.5 Å². The summed E-state index contributed by atoms with van der Waals surface area (Å²) < 4.78 is 15.2. The molecule has 0 saturated heterocycles. The number of halogens is 1. The van der Waals surface area contributed by atoms with Crippen molar-refractivity contribution in [3.05, 3.63) is 70.7 Å². The van der Waals surface area contributed by atoms with E-state index in [9.17, 15) is 4.39 Å². The molecule has 0 unspecified atom stereocenters. The summed E-state index contributed by atoms with van der Waals surface area (Å²) in [6, 6.07) is 12.7. The molecule has 4 nitrogen and oxygen atoms in total. The number of rotatable bonds is 4. The number of aromatic nitrogens is 3. The Balaban J connectivity index is 2.05. The molecule has 0 spiro atoms. The fourth-order valence-corrected chi connectivity index (χ4v) is 2.61. The van der Waals surface area contributed by atoms with Gasteiger partial charge in [-0.25, -0.2) is 9.07 Å². The van der Waals surface area contributed by atoms with Crippen molar-refractivity contribution in [3.63, 3.8) is 0 Å². The molecule has 118 valence electrons. The Morgan fingerprint density at radius 2 is 1.91 bits per heavy atom. The Labute approximate surface area is 134 Å². The number of nitrogens with zero attached hydrogens (tertiary/aromatic N) is 3. The molecular weight excluding hydrogens is 291 g/mol. The van der Waals surface area contributed by atoms with E-state index in [1.54, 1.807) is 10.7 Å². The van der Waals surface area contributed by atoms with Gasteiger partial charge in [-0.3, -0.25) is 0 Å². The Bertz CT molecular complexity index is 839. The minimum Gasteiger partial charge on any atom is -0.325 e. The van der Waals surface area contributed by atoms with Gasteiger partial charge in [-0.15, -0.1) is 5.10 Å². The van der Waals surface area contributed by atoms with Crippen LogP contribution in [0.3, 0.4) is 0 Å². The Kier molecular flexibility index (Phi) is 4.21. The van der Waals surface area contributed by atoms with E-state index in [1.807, 2.05) is 12.1 Å². The summed E-state index contributed by atoms with van der Waals surface area (Å²) in [5.74, 6) is -0.255. The van der Waals surface area contributed by atoms with Crippen LogP contribution in [0.5, 0.6) is 0 Å². The summed E-state index contributed by atoms with van der Waals surface area (Å²) in [7, 11) is 0. The second kappa shape index (κ2) is 6.30. The van der Waals surface area contributed by atoms with Crippen molar-refractivity contribution in [3.8, 4) is 11.3 Å². The number of nitrogens with two attached hydrogens (primary N) is 1. The van der Waals surface area contributed by atoms with Crippen molar-refractivity contribution < 1.29 is 4.39 Å². The van der Waals surface area contributed by atoms with Crippen LogP contribution in [0, 0.1) is 19.7 Å². The Morgan fingerprint density at radius 1 is 1.09 bits per heavy atom. The molecule has 0 aliphatic heterocycles. The van der Waals surface area contributed by atoms with Crippen molar-refractivity contribution in [2.75, 3.05) is 0 Å². The highest BCUT2D eigenvalue weighted by Gasteiger charge is 2.15. The molecule has 2 aromatic carbocycles. The zero-order chi connectivity index (χ0) is 16.4. The first-order chi connectivity index (χ1) is 11.1. The summed E-state index contributed by atoms with van der Waals surface area (Å²) in [5, 5.41) is 8.38. The number of hydrogen-bond donors (Lipinski definition) is 1. The third-order valence-corrected chi connectivity index (χ3v) is 4.00. The average Bonchev–Trinajstić information content (AvgIpc) is 2.93. The lowest BCUT2D eigenvalue weighted by atomic mass is 10.0. The fraction of sp³-hybridized carbons (Fsp3) is 0.222. The van der Waals surface area contributed by atoms with E-state index in [4.69, 9.17) is 5.73 Å². The first kappa shape index (κ1) is 15.4. The summed E-state index contributed by atoms with van der Waals surface area (Å²) in [6.07, 6.45) is 0. The summed E-state index contributed by atoms with van der Waals surface area (Å²) in [6.45, 7) is 4.91. The van der Waals surface area contributed by atoms with Crippen LogP contribution in [0.25, 0.3) is 11.3 Å². The highest BCUT2D eigenvalue weighted by molar-refractivity contribution is 5.63. The van der Waals surface area contributed by atoms with Gasteiger partial charge < -0.3 is 5.73 Å². The first-order valence-electron chi connectivity index (χ1n) is 7.53. The van der Waals surface area contributed by atoms with Gasteiger partial charge in [0.1, 0.15) is 11.5 Å². The molecule has 3 aromatic rings. The van der Waals surface area contributed by atoms with Crippen molar-refractivity contribution >= 4 is 0 Å². The van der Waals surface area contributed by atoms with Crippen LogP contribution >= 0.6 is 0 Å². The van der Waals surface area contributed by atoms with Crippen molar-refractivity contribution in [2.45, 2.75) is 26.9 Å². The highest BCUT2D eigenvalue weighted by atomic mass is 19.1. The van der Waals surface area contributed by atoms with Crippen LogP contribution in [-0.4, -0.2) is 15.0 Å². The zero-order valence-corrected chi connectivity index (χ0v) is 13.3. The quantitative estimate of drug-likeness (QED) is 0.805. The maximum Gasteiger partial charge on any atom is 0.123 e. The predicted octanol–water partition coefficient (Wildman–Crippen LogP) is 3.21. The number of benzene rings is 2. The first-order valence-corrected chi connectivity index (χ1v) is 7.53. The van der Waals surface area contributed by atoms with E-state index in [-0.39, 0.29) is 5.82 Å². The third kappa shape index (κ3) is 3.14. The molecule has 0 aliphatic carbocycles. The van der Waals surface area contributed by atoms with Gasteiger partial charge in [0.05, 0.1) is 12.2 Å². The molecule has 0 radical (unpaired) electrons. The van der Waals surface area contributed by atoms with Gasteiger partial charge in [0.2, 0.25) is 0 Å². The van der Waals surface area contributed by atoms with Crippen LogP contribution < -0.4 is 5.73 Å². The standard InChI is InChI=1S/C18H19FN4/c1-12-6-7-15(8-13(12)2)18-17(10-20)21-22-23(18)11-14-4-3-5-16(19)9-14/h3-9H,10-11,20H2,1-2H3. The van der Waals surface area contributed by atoms with Crippen LogP contribution in [-0.2, 0) is 13.1 Å². The lowest BCUT2D eigenvalue weighted by Gasteiger charge is -2.10. The molecular formula is C18H19FN4. The zero-order valence-electron chi connectivity index (χ0n) is 13.3. The molecule has 0 bridgehead atoms. The van der Waals surface area contributed by atoms with Gasteiger partial charge in [-0.2, -0.15) is 0 Å². The summed E-state index contributed by atoms with van der Waals surface area (Å²) in [4.78, 5) is 0. The molecule has 5 heteroatoms. The Morgan fingerprint density at radius 3 is 2.61 bits per heavy atom. The number of aryl methyl sites for hydroxylation is 2. The van der Waals surface area contributed by atoms with E-state index in [1.165, 1.54) is 23.3 Å². The van der Waals surface area contributed by atoms with Crippen LogP contribution in [0.4, 0.5) is 4.39 Å². The molecule has 0 saturated carbocycles. The van der Waals surface area contributed by atoms with E-state index in [0.29, 0.717) is 13.1 Å². The largest absolute Gasteiger partial charge is 0.325 e. The molecule has 0 amide bonds. The Hall–Kier alpha value is -2.53. The van der Waals surface area contributed by atoms with Crippen molar-refractivity contribution in [2.24, 2.45) is 5.73 Å². The molecule has 0 fully saturated rings.